The molecule has 0 aliphatic carbocycles. The average molecular weight is 345 g/mol. The second-order valence-electron chi connectivity index (χ2n) is 5.75. The number of amides is 2. The average Bonchev–Trinajstić information content (AvgIpc) is 2.57. The number of nitrogens with one attached hydrogen (secondary N) is 1. The van der Waals surface area contributed by atoms with E-state index in [1.54, 1.807) is 36.2 Å². The van der Waals surface area contributed by atoms with E-state index >= 15 is 0 Å². The van der Waals surface area contributed by atoms with Crippen LogP contribution < -0.4 is 5.32 Å². The molecule has 2 aromatic rings. The Balaban J connectivity index is 1.76. The van der Waals surface area contributed by atoms with Crippen LogP contribution in [0.1, 0.15) is 27.9 Å². The van der Waals surface area contributed by atoms with Gasteiger partial charge >= 0.3 is 0 Å². The monoisotopic (exact) mass is 344 g/mol. The van der Waals surface area contributed by atoms with E-state index in [0.717, 1.165) is 5.56 Å². The van der Waals surface area contributed by atoms with Gasteiger partial charge in [-0.2, -0.15) is 0 Å². The molecule has 0 heterocycles. The Kier molecular flexibility index (Phi) is 6.38. The third-order valence-electron chi connectivity index (χ3n) is 3.70. The van der Waals surface area contributed by atoms with Crippen molar-refractivity contribution < 1.29 is 9.59 Å². The molecule has 2 rings (SSSR count). The molecule has 0 aliphatic heterocycles. The van der Waals surface area contributed by atoms with Crippen LogP contribution in [0, 0.1) is 6.92 Å². The van der Waals surface area contributed by atoms with E-state index in [9.17, 15) is 9.59 Å². The lowest BCUT2D eigenvalue weighted by Crippen LogP contribution is -2.31. The van der Waals surface area contributed by atoms with Crippen LogP contribution in [0.15, 0.2) is 48.5 Å². The second-order valence-corrected chi connectivity index (χ2v) is 6.18. The lowest BCUT2D eigenvalue weighted by molar-refractivity contribution is -0.130. The van der Waals surface area contributed by atoms with Gasteiger partial charge in [0.2, 0.25) is 5.91 Å². The maximum atomic E-state index is 12.1. The minimum absolute atomic E-state index is 0.00742. The fourth-order valence-corrected chi connectivity index (χ4v) is 2.36. The van der Waals surface area contributed by atoms with Crippen molar-refractivity contribution in [2.75, 3.05) is 13.6 Å². The Morgan fingerprint density at radius 3 is 2.29 bits per heavy atom. The second kappa shape index (κ2) is 8.50. The number of benzene rings is 2. The topological polar surface area (TPSA) is 49.4 Å². The van der Waals surface area contributed by atoms with Crippen LogP contribution in [0.2, 0.25) is 5.02 Å². The normalized spacial score (nSPS) is 10.3. The summed E-state index contributed by atoms with van der Waals surface area (Å²) in [6.45, 7) is 2.89. The largest absolute Gasteiger partial charge is 0.352 e. The SMILES string of the molecule is Cc1ccc(CN(C)C(=O)CCNC(=O)c2ccc(Cl)cc2)cc1. The predicted octanol–water partition coefficient (Wildman–Crippen LogP) is 3.43. The molecule has 0 saturated heterocycles. The van der Waals surface area contributed by atoms with E-state index in [-0.39, 0.29) is 18.2 Å². The number of nitrogens with zero attached hydrogens (tertiary/aromatic N) is 1. The molecule has 1 N–H and O–H groups in total. The van der Waals surface area contributed by atoms with Crippen LogP contribution in [0.5, 0.6) is 0 Å². The summed E-state index contributed by atoms with van der Waals surface area (Å²) in [4.78, 5) is 25.8. The maximum absolute atomic E-state index is 12.1. The van der Waals surface area contributed by atoms with Crippen LogP contribution in [0.25, 0.3) is 0 Å². The Morgan fingerprint density at radius 2 is 1.67 bits per heavy atom. The maximum Gasteiger partial charge on any atom is 0.251 e. The fourth-order valence-electron chi connectivity index (χ4n) is 2.23. The van der Waals surface area contributed by atoms with Crippen molar-refractivity contribution >= 4 is 23.4 Å². The van der Waals surface area contributed by atoms with Gasteiger partial charge in [-0.25, -0.2) is 0 Å². The first-order valence-electron chi connectivity index (χ1n) is 7.79. The van der Waals surface area contributed by atoms with Crippen molar-refractivity contribution in [1.29, 1.82) is 0 Å². The molecule has 0 aromatic heterocycles. The smallest absolute Gasteiger partial charge is 0.251 e. The highest BCUT2D eigenvalue weighted by molar-refractivity contribution is 6.30. The quantitative estimate of drug-likeness (QED) is 0.872. The molecule has 0 aliphatic rings. The number of hydrogen-bond acceptors (Lipinski definition) is 2. The number of halogens is 1. The first-order valence-corrected chi connectivity index (χ1v) is 8.17. The number of hydrogen-bond donors (Lipinski definition) is 1. The van der Waals surface area contributed by atoms with Gasteiger partial charge in [-0.15, -0.1) is 0 Å². The van der Waals surface area contributed by atoms with Crippen molar-refractivity contribution in [3.8, 4) is 0 Å². The van der Waals surface area contributed by atoms with Gasteiger partial charge in [-0.1, -0.05) is 41.4 Å². The molecule has 0 fully saturated rings. The zero-order chi connectivity index (χ0) is 17.5. The summed E-state index contributed by atoms with van der Waals surface area (Å²) in [7, 11) is 1.77. The van der Waals surface area contributed by atoms with E-state index in [1.165, 1.54) is 5.56 Å². The van der Waals surface area contributed by atoms with Gasteiger partial charge in [0.05, 0.1) is 0 Å². The predicted molar refractivity (Wildman–Crippen MR) is 96.1 cm³/mol. The first kappa shape index (κ1) is 18.0. The van der Waals surface area contributed by atoms with Crippen molar-refractivity contribution in [3.05, 3.63) is 70.2 Å². The van der Waals surface area contributed by atoms with E-state index in [1.807, 2.05) is 31.2 Å². The van der Waals surface area contributed by atoms with Crippen LogP contribution in [0.3, 0.4) is 0 Å². The van der Waals surface area contributed by atoms with E-state index in [2.05, 4.69) is 5.32 Å². The molecule has 2 amide bonds. The molecule has 0 saturated carbocycles. The molecular weight excluding hydrogens is 324 g/mol. The zero-order valence-corrected chi connectivity index (χ0v) is 14.6. The van der Waals surface area contributed by atoms with Crippen LogP contribution in [-0.4, -0.2) is 30.3 Å². The van der Waals surface area contributed by atoms with Gasteiger partial charge in [0.15, 0.2) is 0 Å². The van der Waals surface area contributed by atoms with Crippen molar-refractivity contribution in [1.82, 2.24) is 10.2 Å². The highest BCUT2D eigenvalue weighted by Gasteiger charge is 2.10. The van der Waals surface area contributed by atoms with Gasteiger partial charge in [-0.3, -0.25) is 9.59 Å². The summed E-state index contributed by atoms with van der Waals surface area (Å²) < 4.78 is 0. The third kappa shape index (κ3) is 5.39. The minimum atomic E-state index is -0.208. The van der Waals surface area contributed by atoms with Gasteiger partial charge in [0.1, 0.15) is 0 Å². The lowest BCUT2D eigenvalue weighted by atomic mass is 10.1. The lowest BCUT2D eigenvalue weighted by Gasteiger charge is -2.17. The molecule has 24 heavy (non-hydrogen) atoms. The van der Waals surface area contributed by atoms with Crippen LogP contribution in [-0.2, 0) is 11.3 Å². The van der Waals surface area contributed by atoms with Gasteiger partial charge in [0, 0.05) is 37.1 Å². The van der Waals surface area contributed by atoms with E-state index in [0.29, 0.717) is 23.7 Å². The Bertz CT molecular complexity index is 696. The molecule has 5 heteroatoms. The van der Waals surface area contributed by atoms with E-state index < -0.39 is 0 Å². The first-order chi connectivity index (χ1) is 11.5. The summed E-state index contributed by atoms with van der Waals surface area (Å²) in [6, 6.07) is 14.7. The Hall–Kier alpha value is -2.33. The minimum Gasteiger partial charge on any atom is -0.352 e. The molecule has 0 bridgehead atoms. The highest BCUT2D eigenvalue weighted by atomic mass is 35.5. The van der Waals surface area contributed by atoms with Crippen LogP contribution >= 0.6 is 11.6 Å². The van der Waals surface area contributed by atoms with Gasteiger partial charge < -0.3 is 10.2 Å². The van der Waals surface area contributed by atoms with Crippen LogP contribution in [0.4, 0.5) is 0 Å². The molecule has 126 valence electrons. The Labute approximate surface area is 147 Å². The van der Waals surface area contributed by atoms with Gasteiger partial charge in [-0.05, 0) is 36.8 Å². The van der Waals surface area contributed by atoms with Gasteiger partial charge in [0.25, 0.3) is 5.91 Å². The van der Waals surface area contributed by atoms with Crippen molar-refractivity contribution in [2.24, 2.45) is 0 Å². The van der Waals surface area contributed by atoms with Crippen molar-refractivity contribution in [3.63, 3.8) is 0 Å². The summed E-state index contributed by atoms with van der Waals surface area (Å²) in [5, 5.41) is 3.33. The number of carbonyl (C=O) groups is 2. The molecule has 0 unspecified atom stereocenters. The zero-order valence-electron chi connectivity index (χ0n) is 13.9. The molecule has 0 radical (unpaired) electrons. The molecule has 0 atom stereocenters. The molecule has 0 spiro atoms. The standard InChI is InChI=1S/C19H21ClN2O2/c1-14-3-5-15(6-4-14)13-22(2)18(23)11-12-21-19(24)16-7-9-17(20)10-8-16/h3-10H,11-13H2,1-2H3,(H,21,24). The Morgan fingerprint density at radius 1 is 1.04 bits per heavy atom. The molecular formula is C19H21ClN2O2. The van der Waals surface area contributed by atoms with E-state index in [4.69, 9.17) is 11.6 Å². The fraction of sp³-hybridized carbons (Fsp3) is 0.263. The number of aryl methyl sites for hydroxylation is 1. The summed E-state index contributed by atoms with van der Waals surface area (Å²) in [5.74, 6) is -0.215. The third-order valence-corrected chi connectivity index (χ3v) is 3.95. The summed E-state index contributed by atoms with van der Waals surface area (Å²) in [6.07, 6.45) is 0.266. The van der Waals surface area contributed by atoms with Crippen molar-refractivity contribution in [2.45, 2.75) is 19.9 Å². The molecule has 2 aromatic carbocycles. The highest BCUT2D eigenvalue weighted by Crippen LogP contribution is 2.09. The molecule has 4 nitrogen and oxygen atoms in total. The number of rotatable bonds is 6. The summed E-state index contributed by atoms with van der Waals surface area (Å²) >= 11 is 5.79. The summed E-state index contributed by atoms with van der Waals surface area (Å²) in [5.41, 5.74) is 2.80. The number of carbonyl (C=O) groups excluding carboxylic acids is 2.